The molecule has 2 N–H and O–H groups in total. The van der Waals surface area contributed by atoms with Crippen molar-refractivity contribution >= 4 is 5.91 Å². The second-order valence-electron chi connectivity index (χ2n) is 5.79. The Hall–Kier alpha value is -1.40. The van der Waals surface area contributed by atoms with Crippen LogP contribution in [0.3, 0.4) is 0 Å². The van der Waals surface area contributed by atoms with Crippen LogP contribution in [0.4, 0.5) is 0 Å². The van der Waals surface area contributed by atoms with E-state index >= 15 is 0 Å². The Bertz CT molecular complexity index is 440. The Morgan fingerprint density at radius 3 is 2.75 bits per heavy atom. The number of carbonyl (C=O) groups excluding carboxylic acids is 1. The number of amides is 1. The summed E-state index contributed by atoms with van der Waals surface area (Å²) < 4.78 is 4.84. The fraction of sp³-hybridized carbons (Fsp3) is 0.714. The van der Waals surface area contributed by atoms with E-state index < -0.39 is 0 Å². The molecule has 0 bridgehead atoms. The summed E-state index contributed by atoms with van der Waals surface area (Å²) in [6.07, 6.45) is 4.63. The highest BCUT2D eigenvalue weighted by molar-refractivity contribution is 5.80. The lowest BCUT2D eigenvalue weighted by atomic mass is 10.0. The quantitative estimate of drug-likeness (QED) is 0.868. The van der Waals surface area contributed by atoms with Gasteiger partial charge in [-0.1, -0.05) is 11.6 Å². The first kappa shape index (κ1) is 13.6. The molecule has 6 heteroatoms. The molecule has 1 saturated carbocycles. The molecule has 2 aliphatic rings. The number of piperazine rings is 1. The molecule has 2 atom stereocenters. The van der Waals surface area contributed by atoms with E-state index in [1.54, 1.807) is 6.26 Å². The normalized spacial score (nSPS) is 27.9. The first-order valence-corrected chi connectivity index (χ1v) is 7.40. The summed E-state index contributed by atoms with van der Waals surface area (Å²) in [6, 6.07) is 1.95. The van der Waals surface area contributed by atoms with E-state index in [1.165, 1.54) is 0 Å². The van der Waals surface area contributed by atoms with Crippen LogP contribution in [0, 0.1) is 5.92 Å². The van der Waals surface area contributed by atoms with Crippen molar-refractivity contribution in [1.29, 1.82) is 0 Å². The molecule has 1 aliphatic heterocycles. The first-order chi connectivity index (χ1) is 9.74. The Morgan fingerprint density at radius 2 is 2.15 bits per heavy atom. The molecule has 1 amide bonds. The predicted molar refractivity (Wildman–Crippen MR) is 73.7 cm³/mol. The smallest absolute Gasteiger partial charge is 0.227 e. The molecule has 0 unspecified atom stereocenters. The van der Waals surface area contributed by atoms with Crippen LogP contribution < -0.4 is 5.73 Å². The summed E-state index contributed by atoms with van der Waals surface area (Å²) in [4.78, 5) is 16.7. The van der Waals surface area contributed by atoms with Crippen molar-refractivity contribution in [2.24, 2.45) is 11.7 Å². The lowest BCUT2D eigenvalue weighted by molar-refractivity contribution is -0.137. The van der Waals surface area contributed by atoms with E-state index in [2.05, 4.69) is 10.1 Å². The van der Waals surface area contributed by atoms with Gasteiger partial charge in [0.25, 0.3) is 0 Å². The Balaban J connectivity index is 1.49. The molecule has 2 fully saturated rings. The summed E-state index contributed by atoms with van der Waals surface area (Å²) in [5, 5.41) is 3.92. The molecule has 6 nitrogen and oxygen atoms in total. The zero-order valence-electron chi connectivity index (χ0n) is 11.7. The third kappa shape index (κ3) is 2.86. The number of hydrogen-bond acceptors (Lipinski definition) is 5. The van der Waals surface area contributed by atoms with Gasteiger partial charge in [-0.3, -0.25) is 9.69 Å². The highest BCUT2D eigenvalue weighted by Crippen LogP contribution is 2.26. The lowest BCUT2D eigenvalue weighted by Gasteiger charge is -2.36. The number of aromatic nitrogens is 1. The average Bonchev–Trinajstić information content (AvgIpc) is 3.10. The molecular weight excluding hydrogens is 256 g/mol. The minimum absolute atomic E-state index is 0.0529. The molecule has 0 spiro atoms. The van der Waals surface area contributed by atoms with Gasteiger partial charge in [0.05, 0.1) is 11.6 Å². The van der Waals surface area contributed by atoms with Crippen LogP contribution in [0.15, 0.2) is 16.9 Å². The van der Waals surface area contributed by atoms with Gasteiger partial charge < -0.3 is 15.2 Å². The molecule has 1 aromatic heterocycles. The van der Waals surface area contributed by atoms with Gasteiger partial charge in [-0.2, -0.15) is 0 Å². The van der Waals surface area contributed by atoms with Gasteiger partial charge in [0.1, 0.15) is 6.26 Å². The molecule has 1 saturated heterocycles. The SMILES string of the molecule is N[C@@H]1CCC[C@H]1C(=O)N1CCN(Cc2ccon2)CC1. The van der Waals surface area contributed by atoms with E-state index in [1.807, 2.05) is 11.0 Å². The number of nitrogens with zero attached hydrogens (tertiary/aromatic N) is 3. The van der Waals surface area contributed by atoms with Crippen LogP contribution in [0.1, 0.15) is 25.0 Å². The molecule has 3 rings (SSSR count). The molecular formula is C14H22N4O2. The maximum absolute atomic E-state index is 12.4. The van der Waals surface area contributed by atoms with Crippen molar-refractivity contribution < 1.29 is 9.32 Å². The van der Waals surface area contributed by atoms with Crippen molar-refractivity contribution in [2.45, 2.75) is 31.8 Å². The third-order valence-electron chi connectivity index (χ3n) is 4.45. The van der Waals surface area contributed by atoms with Crippen LogP contribution in [-0.2, 0) is 11.3 Å². The second kappa shape index (κ2) is 5.93. The van der Waals surface area contributed by atoms with Gasteiger partial charge in [0.15, 0.2) is 0 Å². The van der Waals surface area contributed by atoms with Crippen LogP contribution >= 0.6 is 0 Å². The summed E-state index contributed by atoms with van der Waals surface area (Å²) in [7, 11) is 0. The molecule has 20 heavy (non-hydrogen) atoms. The standard InChI is InChI=1S/C14H22N4O2/c15-13-3-1-2-12(13)14(19)18-7-5-17(6-8-18)10-11-4-9-20-16-11/h4,9,12-13H,1-3,5-8,10,15H2/t12-,13-/m1/s1. The summed E-state index contributed by atoms with van der Waals surface area (Å²) >= 11 is 0. The summed E-state index contributed by atoms with van der Waals surface area (Å²) in [5.41, 5.74) is 6.97. The van der Waals surface area contributed by atoms with Crippen LogP contribution in [0.25, 0.3) is 0 Å². The monoisotopic (exact) mass is 278 g/mol. The highest BCUT2D eigenvalue weighted by Gasteiger charge is 2.34. The molecule has 110 valence electrons. The fourth-order valence-corrected chi connectivity index (χ4v) is 3.20. The zero-order valence-corrected chi connectivity index (χ0v) is 11.7. The number of carbonyl (C=O) groups is 1. The molecule has 1 aromatic rings. The van der Waals surface area contributed by atoms with E-state index in [0.29, 0.717) is 0 Å². The third-order valence-corrected chi connectivity index (χ3v) is 4.45. The van der Waals surface area contributed by atoms with Gasteiger partial charge in [-0.05, 0) is 12.8 Å². The van der Waals surface area contributed by atoms with E-state index in [-0.39, 0.29) is 17.9 Å². The number of nitrogens with two attached hydrogens (primary N) is 1. The number of hydrogen-bond donors (Lipinski definition) is 1. The van der Waals surface area contributed by atoms with E-state index in [9.17, 15) is 4.79 Å². The van der Waals surface area contributed by atoms with Crippen LogP contribution in [0.2, 0.25) is 0 Å². The van der Waals surface area contributed by atoms with Crippen LogP contribution in [-0.4, -0.2) is 53.1 Å². The molecule has 0 aromatic carbocycles. The van der Waals surface area contributed by atoms with Gasteiger partial charge >= 0.3 is 0 Å². The number of rotatable bonds is 3. The van der Waals surface area contributed by atoms with Crippen LogP contribution in [0.5, 0.6) is 0 Å². The van der Waals surface area contributed by atoms with Crippen molar-refractivity contribution in [3.8, 4) is 0 Å². The maximum atomic E-state index is 12.4. The average molecular weight is 278 g/mol. The Morgan fingerprint density at radius 1 is 1.35 bits per heavy atom. The summed E-state index contributed by atoms with van der Waals surface area (Å²) in [5.74, 6) is 0.313. The molecule has 2 heterocycles. The highest BCUT2D eigenvalue weighted by atomic mass is 16.5. The summed E-state index contributed by atoms with van der Waals surface area (Å²) in [6.45, 7) is 4.16. The minimum Gasteiger partial charge on any atom is -0.364 e. The van der Waals surface area contributed by atoms with E-state index in [0.717, 1.165) is 57.7 Å². The van der Waals surface area contributed by atoms with Gasteiger partial charge in [0, 0.05) is 44.8 Å². The van der Waals surface area contributed by atoms with Gasteiger partial charge in [-0.15, -0.1) is 0 Å². The van der Waals surface area contributed by atoms with Gasteiger partial charge in [-0.25, -0.2) is 0 Å². The molecule has 1 aliphatic carbocycles. The van der Waals surface area contributed by atoms with Crippen molar-refractivity contribution in [3.05, 3.63) is 18.0 Å². The van der Waals surface area contributed by atoms with Crippen molar-refractivity contribution in [3.63, 3.8) is 0 Å². The fourth-order valence-electron chi connectivity index (χ4n) is 3.20. The lowest BCUT2D eigenvalue weighted by Crippen LogP contribution is -2.51. The van der Waals surface area contributed by atoms with Gasteiger partial charge in [0.2, 0.25) is 5.91 Å². The largest absolute Gasteiger partial charge is 0.364 e. The Labute approximate surface area is 118 Å². The maximum Gasteiger partial charge on any atom is 0.227 e. The minimum atomic E-state index is 0.0529. The second-order valence-corrected chi connectivity index (χ2v) is 5.79. The van der Waals surface area contributed by atoms with Crippen molar-refractivity contribution in [1.82, 2.24) is 15.0 Å². The van der Waals surface area contributed by atoms with E-state index in [4.69, 9.17) is 10.3 Å². The Kier molecular flexibility index (Phi) is 4.03. The molecule has 0 radical (unpaired) electrons. The zero-order chi connectivity index (χ0) is 13.9. The first-order valence-electron chi connectivity index (χ1n) is 7.40. The van der Waals surface area contributed by atoms with Crippen molar-refractivity contribution in [2.75, 3.05) is 26.2 Å². The topological polar surface area (TPSA) is 75.6 Å². The predicted octanol–water partition coefficient (Wildman–Crippen LogP) is 0.446.